The van der Waals surface area contributed by atoms with Crippen molar-refractivity contribution in [1.29, 1.82) is 0 Å². The molecule has 0 aliphatic carbocycles. The smallest absolute Gasteiger partial charge is 0.254 e. The molecule has 35 heavy (non-hydrogen) atoms. The Morgan fingerprint density at radius 2 is 1.97 bits per heavy atom. The molecule has 6 nitrogen and oxygen atoms in total. The Bertz CT molecular complexity index is 1280. The van der Waals surface area contributed by atoms with Gasteiger partial charge in [0.05, 0.1) is 5.69 Å². The molecule has 3 aromatic rings. The van der Waals surface area contributed by atoms with Gasteiger partial charge in [0.2, 0.25) is 0 Å². The highest BCUT2D eigenvalue weighted by atomic mass is 35.5. The van der Waals surface area contributed by atoms with Crippen LogP contribution in [0.25, 0.3) is 16.8 Å². The molecule has 1 aliphatic heterocycles. The van der Waals surface area contributed by atoms with Crippen LogP contribution in [0.1, 0.15) is 47.3 Å². The Kier molecular flexibility index (Phi) is 7.51. The molecule has 0 spiro atoms. The van der Waals surface area contributed by atoms with Crippen LogP contribution in [-0.4, -0.2) is 33.7 Å². The van der Waals surface area contributed by atoms with Crippen LogP contribution in [0.3, 0.4) is 0 Å². The van der Waals surface area contributed by atoms with Crippen LogP contribution in [0.5, 0.6) is 5.75 Å². The highest BCUT2D eigenvalue weighted by Gasteiger charge is 2.28. The van der Waals surface area contributed by atoms with Gasteiger partial charge < -0.3 is 15.7 Å². The van der Waals surface area contributed by atoms with Crippen molar-refractivity contribution < 1.29 is 9.90 Å². The number of phenols is 1. The van der Waals surface area contributed by atoms with Crippen molar-refractivity contribution in [3.63, 3.8) is 0 Å². The summed E-state index contributed by atoms with van der Waals surface area (Å²) in [5.41, 5.74) is 11.5. The second-order valence-electron chi connectivity index (χ2n) is 9.07. The quantitative estimate of drug-likeness (QED) is 0.315. The van der Waals surface area contributed by atoms with Crippen LogP contribution in [0, 0.1) is 5.92 Å². The molecule has 0 radical (unpaired) electrons. The highest BCUT2D eigenvalue weighted by molar-refractivity contribution is 6.29. The van der Waals surface area contributed by atoms with Crippen molar-refractivity contribution >= 4 is 29.3 Å². The number of hydrogen-bond acceptors (Lipinski definition) is 5. The molecule has 0 saturated carbocycles. The number of carbonyl (C=O) groups excluding carboxylic acids is 1. The van der Waals surface area contributed by atoms with Gasteiger partial charge in [0.1, 0.15) is 10.9 Å². The largest absolute Gasteiger partial charge is 0.508 e. The Morgan fingerprint density at radius 1 is 1.20 bits per heavy atom. The van der Waals surface area contributed by atoms with Gasteiger partial charge in [-0.15, -0.1) is 0 Å². The third-order valence-corrected chi connectivity index (χ3v) is 6.20. The number of hydrogen-bond donors (Lipinski definition) is 2. The minimum Gasteiger partial charge on any atom is -0.508 e. The number of aliphatic imine (C=N–C) groups is 1. The maximum absolute atomic E-state index is 13.2. The fourth-order valence-corrected chi connectivity index (χ4v) is 4.19. The summed E-state index contributed by atoms with van der Waals surface area (Å²) in [6.07, 6.45) is 4.29. The number of pyridine rings is 1. The zero-order chi connectivity index (χ0) is 24.9. The predicted octanol–water partition coefficient (Wildman–Crippen LogP) is 5.68. The minimum absolute atomic E-state index is 0.0386. The maximum atomic E-state index is 13.2. The molecule has 2 heterocycles. The number of aromatic nitrogens is 1. The number of allylic oxidation sites excluding steroid dienone is 1. The molecule has 180 valence electrons. The summed E-state index contributed by atoms with van der Waals surface area (Å²) in [5, 5.41) is 9.87. The molecule has 0 bridgehead atoms. The maximum Gasteiger partial charge on any atom is 0.254 e. The fourth-order valence-electron chi connectivity index (χ4n) is 4.04. The Hall–Kier alpha value is -3.64. The number of aromatic hydroxyl groups is 1. The van der Waals surface area contributed by atoms with Gasteiger partial charge in [0, 0.05) is 54.3 Å². The number of nitrogens with zero attached hydrogens (tertiary/aromatic N) is 3. The Morgan fingerprint density at radius 3 is 2.69 bits per heavy atom. The number of amides is 1. The molecule has 0 saturated heterocycles. The Balaban J connectivity index is 1.62. The summed E-state index contributed by atoms with van der Waals surface area (Å²) in [7, 11) is 0. The molecule has 0 fully saturated rings. The molecule has 1 aromatic heterocycles. The lowest BCUT2D eigenvalue weighted by atomic mass is 9.97. The van der Waals surface area contributed by atoms with Gasteiger partial charge >= 0.3 is 0 Å². The number of nitrogens with two attached hydrogens (primary N) is 1. The van der Waals surface area contributed by atoms with Crippen LogP contribution in [0.4, 0.5) is 0 Å². The van der Waals surface area contributed by atoms with Crippen molar-refractivity contribution in [3.8, 4) is 17.0 Å². The second kappa shape index (κ2) is 10.7. The number of halogens is 1. The third-order valence-electron chi connectivity index (χ3n) is 5.99. The lowest BCUT2D eigenvalue weighted by Crippen LogP contribution is -2.23. The number of phenolic OH excluding ortho intramolecular Hbond substituents is 1. The predicted molar refractivity (Wildman–Crippen MR) is 141 cm³/mol. The van der Waals surface area contributed by atoms with Crippen molar-refractivity contribution in [3.05, 3.63) is 88.2 Å². The molecule has 1 amide bonds. The molecule has 0 atom stereocenters. The molecular weight excluding hydrogens is 460 g/mol. The second-order valence-corrected chi connectivity index (χ2v) is 9.46. The average Bonchev–Trinajstić information content (AvgIpc) is 3.15. The highest BCUT2D eigenvalue weighted by Crippen LogP contribution is 2.33. The molecular formula is C28H29ClN4O2. The van der Waals surface area contributed by atoms with E-state index < -0.39 is 0 Å². The van der Waals surface area contributed by atoms with E-state index in [2.05, 4.69) is 23.8 Å². The fraction of sp³-hybridized carbons (Fsp3) is 0.250. The van der Waals surface area contributed by atoms with Crippen LogP contribution in [0.2, 0.25) is 5.15 Å². The van der Waals surface area contributed by atoms with E-state index in [0.717, 1.165) is 40.8 Å². The summed E-state index contributed by atoms with van der Waals surface area (Å²) in [6.45, 7) is 6.04. The number of fused-ring (bicyclic) bond motifs is 1. The van der Waals surface area contributed by atoms with E-state index >= 15 is 0 Å². The number of carbonyl (C=O) groups is 1. The van der Waals surface area contributed by atoms with Crippen LogP contribution in [-0.2, 0) is 13.1 Å². The molecule has 1 aliphatic rings. The van der Waals surface area contributed by atoms with Gasteiger partial charge in [-0.2, -0.15) is 0 Å². The van der Waals surface area contributed by atoms with E-state index in [1.165, 1.54) is 6.20 Å². The van der Waals surface area contributed by atoms with Crippen LogP contribution < -0.4 is 5.73 Å². The van der Waals surface area contributed by atoms with E-state index in [1.807, 2.05) is 36.4 Å². The molecule has 3 N–H and O–H groups in total. The van der Waals surface area contributed by atoms with Gasteiger partial charge in [-0.25, -0.2) is 4.98 Å². The zero-order valence-electron chi connectivity index (χ0n) is 19.9. The topological polar surface area (TPSA) is 91.8 Å². The molecule has 0 unspecified atom stereocenters. The first-order valence-corrected chi connectivity index (χ1v) is 12.0. The normalized spacial score (nSPS) is 13.8. The summed E-state index contributed by atoms with van der Waals surface area (Å²) >= 11 is 6.26. The van der Waals surface area contributed by atoms with E-state index in [9.17, 15) is 9.90 Å². The molecule has 7 heteroatoms. The first kappa shape index (κ1) is 24.5. The van der Waals surface area contributed by atoms with E-state index in [0.29, 0.717) is 35.4 Å². The van der Waals surface area contributed by atoms with Gasteiger partial charge in [-0.05, 0) is 53.8 Å². The third kappa shape index (κ3) is 5.72. The molecule has 4 rings (SSSR count). The lowest BCUT2D eigenvalue weighted by Gasteiger charge is -2.15. The van der Waals surface area contributed by atoms with E-state index in [-0.39, 0.29) is 11.7 Å². The molecule has 2 aromatic carbocycles. The first-order valence-electron chi connectivity index (χ1n) is 11.6. The summed E-state index contributed by atoms with van der Waals surface area (Å²) in [5.74, 6) is 0.737. The zero-order valence-corrected chi connectivity index (χ0v) is 20.7. The van der Waals surface area contributed by atoms with Crippen LogP contribution in [0.15, 0.2) is 65.8 Å². The van der Waals surface area contributed by atoms with Crippen LogP contribution >= 0.6 is 11.6 Å². The van der Waals surface area contributed by atoms with Gasteiger partial charge in [0.15, 0.2) is 0 Å². The summed E-state index contributed by atoms with van der Waals surface area (Å²) in [4.78, 5) is 24.1. The van der Waals surface area contributed by atoms with E-state index in [1.54, 1.807) is 29.3 Å². The SMILES string of the molecule is CC(C)CCN=CC(=CN)c1ccc(Cl)nc1-c1ccc2c(c1)C(=O)N(Cc1ccc(O)cc1)C2. The van der Waals surface area contributed by atoms with Gasteiger partial charge in [-0.1, -0.05) is 49.7 Å². The van der Waals surface area contributed by atoms with Crippen molar-refractivity contribution in [2.24, 2.45) is 16.6 Å². The van der Waals surface area contributed by atoms with Gasteiger partial charge in [-0.3, -0.25) is 9.79 Å². The first-order chi connectivity index (χ1) is 16.9. The number of benzene rings is 2. The van der Waals surface area contributed by atoms with Crippen molar-refractivity contribution in [2.75, 3.05) is 6.54 Å². The number of rotatable bonds is 8. The standard InChI is InChI=1S/C28H29ClN4O2/c1-18(2)11-12-31-15-22(14-30)24-9-10-26(29)32-27(24)20-5-6-21-17-33(28(35)25(21)13-20)16-19-3-7-23(34)8-4-19/h3-10,13-15,18,34H,11-12,16-17,30H2,1-2H3. The van der Waals surface area contributed by atoms with E-state index in [4.69, 9.17) is 17.3 Å². The lowest BCUT2D eigenvalue weighted by molar-refractivity contribution is 0.0766. The Labute approximate surface area is 210 Å². The monoisotopic (exact) mass is 488 g/mol. The van der Waals surface area contributed by atoms with Gasteiger partial charge in [0.25, 0.3) is 5.91 Å². The summed E-state index contributed by atoms with van der Waals surface area (Å²) < 4.78 is 0. The summed E-state index contributed by atoms with van der Waals surface area (Å²) in [6, 6.07) is 16.3. The minimum atomic E-state index is -0.0386. The average molecular weight is 489 g/mol. The van der Waals surface area contributed by atoms with Crippen molar-refractivity contribution in [1.82, 2.24) is 9.88 Å². The van der Waals surface area contributed by atoms with Crippen molar-refractivity contribution in [2.45, 2.75) is 33.4 Å².